The molecule has 0 N–H and O–H groups in total. The SMILES string of the molecule is CCOC(=O)c1c(C)nc(C)c(C(=O)OCC)c1-c1cnc2c(oc3ccccc32)c1Cl. The van der Waals surface area contributed by atoms with E-state index < -0.39 is 11.9 Å². The first-order valence-corrected chi connectivity index (χ1v) is 10.6. The van der Waals surface area contributed by atoms with Gasteiger partial charge in [-0.05, 0) is 39.8 Å². The monoisotopic (exact) mass is 452 g/mol. The van der Waals surface area contributed by atoms with Gasteiger partial charge in [0.25, 0.3) is 0 Å². The van der Waals surface area contributed by atoms with Crippen LogP contribution in [0.15, 0.2) is 34.9 Å². The fourth-order valence-corrected chi connectivity index (χ4v) is 4.09. The number of ether oxygens (including phenoxy) is 2. The summed E-state index contributed by atoms with van der Waals surface area (Å²) >= 11 is 6.80. The van der Waals surface area contributed by atoms with Gasteiger partial charge in [-0.1, -0.05) is 23.7 Å². The Balaban J connectivity index is 2.10. The van der Waals surface area contributed by atoms with E-state index in [1.807, 2.05) is 24.3 Å². The highest BCUT2D eigenvalue weighted by Crippen LogP contribution is 2.41. The van der Waals surface area contributed by atoms with Crippen LogP contribution in [0.5, 0.6) is 0 Å². The van der Waals surface area contributed by atoms with Crippen LogP contribution in [0.25, 0.3) is 33.2 Å². The van der Waals surface area contributed by atoms with Crippen LogP contribution in [-0.4, -0.2) is 35.1 Å². The van der Waals surface area contributed by atoms with Crippen molar-refractivity contribution in [3.05, 3.63) is 58.0 Å². The fraction of sp³-hybridized carbons (Fsp3) is 0.250. The number of benzene rings is 1. The molecule has 4 rings (SSSR count). The third-order valence-electron chi connectivity index (χ3n) is 5.12. The normalized spacial score (nSPS) is 11.2. The number of pyridine rings is 2. The van der Waals surface area contributed by atoms with Gasteiger partial charge in [0.1, 0.15) is 11.1 Å². The second-order valence-electron chi connectivity index (χ2n) is 7.11. The van der Waals surface area contributed by atoms with Gasteiger partial charge in [0.15, 0.2) is 5.58 Å². The zero-order valence-corrected chi connectivity index (χ0v) is 18.9. The minimum absolute atomic E-state index is 0.139. The first-order valence-electron chi connectivity index (χ1n) is 10.2. The Labute approximate surface area is 189 Å². The van der Waals surface area contributed by atoms with Crippen molar-refractivity contribution in [3.63, 3.8) is 0 Å². The van der Waals surface area contributed by atoms with E-state index in [9.17, 15) is 9.59 Å². The van der Waals surface area contributed by atoms with Crippen LogP contribution in [0, 0.1) is 13.8 Å². The van der Waals surface area contributed by atoms with Crippen molar-refractivity contribution in [2.45, 2.75) is 27.7 Å². The number of nitrogens with zero attached hydrogens (tertiary/aromatic N) is 2. The predicted octanol–water partition coefficient (Wildman–Crippen LogP) is 5.67. The molecule has 0 saturated heterocycles. The second kappa shape index (κ2) is 8.59. The number of carbonyl (C=O) groups is 2. The van der Waals surface area contributed by atoms with Gasteiger partial charge in [-0.3, -0.25) is 9.97 Å². The van der Waals surface area contributed by atoms with Crippen LogP contribution < -0.4 is 0 Å². The highest BCUT2D eigenvalue weighted by molar-refractivity contribution is 6.38. The molecule has 0 aliphatic heterocycles. The molecule has 0 unspecified atom stereocenters. The molecule has 1 aromatic carbocycles. The number of aromatic nitrogens is 2. The Bertz CT molecular complexity index is 1330. The third-order valence-corrected chi connectivity index (χ3v) is 5.49. The molecule has 0 atom stereocenters. The molecule has 3 heterocycles. The summed E-state index contributed by atoms with van der Waals surface area (Å²) in [6.07, 6.45) is 1.53. The lowest BCUT2D eigenvalue weighted by atomic mass is 9.93. The van der Waals surface area contributed by atoms with Gasteiger partial charge >= 0.3 is 11.9 Å². The summed E-state index contributed by atoms with van der Waals surface area (Å²) in [5.41, 5.74) is 3.31. The van der Waals surface area contributed by atoms with Gasteiger partial charge in [0, 0.05) is 22.7 Å². The van der Waals surface area contributed by atoms with Crippen LogP contribution in [0.2, 0.25) is 5.02 Å². The average Bonchev–Trinajstić information content (AvgIpc) is 3.13. The molecule has 0 fully saturated rings. The van der Waals surface area contributed by atoms with Crippen LogP contribution >= 0.6 is 11.6 Å². The summed E-state index contributed by atoms with van der Waals surface area (Å²) in [5, 5.41) is 1.04. The molecule has 8 heteroatoms. The van der Waals surface area contributed by atoms with E-state index in [4.69, 9.17) is 25.5 Å². The molecule has 0 amide bonds. The Hall–Kier alpha value is -3.45. The van der Waals surface area contributed by atoms with E-state index >= 15 is 0 Å². The summed E-state index contributed by atoms with van der Waals surface area (Å²) in [7, 11) is 0. The van der Waals surface area contributed by atoms with E-state index in [1.54, 1.807) is 27.7 Å². The molecule has 7 nitrogen and oxygen atoms in total. The quantitative estimate of drug-likeness (QED) is 0.360. The van der Waals surface area contributed by atoms with Crippen molar-refractivity contribution < 1.29 is 23.5 Å². The number of aryl methyl sites for hydroxylation is 2. The summed E-state index contributed by atoms with van der Waals surface area (Å²) in [6.45, 7) is 7.09. The Morgan fingerprint density at radius 1 is 1.00 bits per heavy atom. The minimum atomic E-state index is -0.612. The lowest BCUT2D eigenvalue weighted by Crippen LogP contribution is -2.17. The number of carbonyl (C=O) groups excluding carboxylic acids is 2. The van der Waals surface area contributed by atoms with Gasteiger partial charge in [0.2, 0.25) is 0 Å². The van der Waals surface area contributed by atoms with E-state index in [0.29, 0.717) is 33.6 Å². The van der Waals surface area contributed by atoms with Crippen LogP contribution in [0.1, 0.15) is 46.0 Å². The van der Waals surface area contributed by atoms with Crippen molar-refractivity contribution in [1.82, 2.24) is 9.97 Å². The number of furan rings is 1. The molecule has 4 aromatic rings. The van der Waals surface area contributed by atoms with Gasteiger partial charge < -0.3 is 13.9 Å². The lowest BCUT2D eigenvalue weighted by molar-refractivity contribution is 0.0525. The number of para-hydroxylation sites is 1. The Morgan fingerprint density at radius 3 is 2.19 bits per heavy atom. The maximum Gasteiger partial charge on any atom is 0.340 e. The Morgan fingerprint density at radius 2 is 1.59 bits per heavy atom. The summed E-state index contributed by atoms with van der Waals surface area (Å²) < 4.78 is 16.5. The van der Waals surface area contributed by atoms with Gasteiger partial charge in [0.05, 0.1) is 40.8 Å². The molecule has 0 aliphatic carbocycles. The first-order chi connectivity index (χ1) is 15.4. The predicted molar refractivity (Wildman–Crippen MR) is 121 cm³/mol. The van der Waals surface area contributed by atoms with Crippen LogP contribution in [0.3, 0.4) is 0 Å². The average molecular weight is 453 g/mol. The van der Waals surface area contributed by atoms with Crippen molar-refractivity contribution in [2.75, 3.05) is 13.2 Å². The molecular formula is C24H21ClN2O5. The summed E-state index contributed by atoms with van der Waals surface area (Å²) in [4.78, 5) is 34.8. The van der Waals surface area contributed by atoms with Crippen LogP contribution in [0.4, 0.5) is 0 Å². The van der Waals surface area contributed by atoms with Gasteiger partial charge in [-0.25, -0.2) is 9.59 Å². The standard InChI is InChI=1S/C24H21ClN2O5/c1-5-30-23(28)17-12(3)27-13(4)18(24(29)31-6-2)19(17)15-11-26-21-14-9-7-8-10-16(14)32-22(21)20(15)25/h7-11H,5-6H2,1-4H3. The zero-order valence-electron chi connectivity index (χ0n) is 18.1. The van der Waals surface area contributed by atoms with E-state index in [1.165, 1.54) is 6.20 Å². The lowest BCUT2D eigenvalue weighted by Gasteiger charge is -2.18. The maximum atomic E-state index is 12.9. The molecule has 32 heavy (non-hydrogen) atoms. The summed E-state index contributed by atoms with van der Waals surface area (Å²) in [6, 6.07) is 7.45. The number of halogens is 1. The molecule has 0 aliphatic rings. The minimum Gasteiger partial charge on any atom is -0.462 e. The zero-order chi connectivity index (χ0) is 23.0. The van der Waals surface area contributed by atoms with Gasteiger partial charge in [-0.2, -0.15) is 0 Å². The molecular weight excluding hydrogens is 432 g/mol. The van der Waals surface area contributed by atoms with E-state index in [-0.39, 0.29) is 34.9 Å². The molecule has 0 bridgehead atoms. The summed E-state index contributed by atoms with van der Waals surface area (Å²) in [5.74, 6) is -1.22. The Kier molecular flexibility index (Phi) is 5.84. The number of hydrogen-bond acceptors (Lipinski definition) is 7. The van der Waals surface area contributed by atoms with E-state index in [2.05, 4.69) is 9.97 Å². The van der Waals surface area contributed by atoms with E-state index in [0.717, 1.165) is 5.39 Å². The maximum absolute atomic E-state index is 12.9. The molecule has 3 aromatic heterocycles. The van der Waals surface area contributed by atoms with Crippen molar-refractivity contribution in [2.24, 2.45) is 0 Å². The van der Waals surface area contributed by atoms with Crippen molar-refractivity contribution in [1.29, 1.82) is 0 Å². The number of esters is 2. The fourth-order valence-electron chi connectivity index (χ4n) is 3.82. The highest BCUT2D eigenvalue weighted by atomic mass is 35.5. The number of fused-ring (bicyclic) bond motifs is 3. The van der Waals surface area contributed by atoms with Crippen molar-refractivity contribution >= 4 is 45.6 Å². The smallest absolute Gasteiger partial charge is 0.340 e. The first kappa shape index (κ1) is 21.8. The topological polar surface area (TPSA) is 91.5 Å². The number of hydrogen-bond donors (Lipinski definition) is 0. The van der Waals surface area contributed by atoms with Crippen molar-refractivity contribution in [3.8, 4) is 11.1 Å². The highest BCUT2D eigenvalue weighted by Gasteiger charge is 2.30. The van der Waals surface area contributed by atoms with Crippen LogP contribution in [-0.2, 0) is 9.47 Å². The second-order valence-corrected chi connectivity index (χ2v) is 7.49. The third kappa shape index (κ3) is 3.48. The molecule has 0 radical (unpaired) electrons. The molecule has 0 spiro atoms. The molecule has 0 saturated carbocycles. The largest absolute Gasteiger partial charge is 0.462 e. The molecule has 164 valence electrons. The van der Waals surface area contributed by atoms with Gasteiger partial charge in [-0.15, -0.1) is 0 Å². The number of rotatable bonds is 5.